The second kappa shape index (κ2) is 8.33. The van der Waals surface area contributed by atoms with Crippen molar-refractivity contribution in [3.63, 3.8) is 0 Å². The topological polar surface area (TPSA) is 62.6 Å². The summed E-state index contributed by atoms with van der Waals surface area (Å²) in [4.78, 5) is 42.4. The molecule has 2 amide bonds. The van der Waals surface area contributed by atoms with Crippen molar-refractivity contribution in [1.29, 1.82) is 0 Å². The van der Waals surface area contributed by atoms with Crippen molar-refractivity contribution in [3.05, 3.63) is 70.1 Å². The minimum absolute atomic E-state index is 0.0672. The Balaban J connectivity index is 1.83. The van der Waals surface area contributed by atoms with E-state index >= 15 is 0 Å². The molecule has 1 aromatic heterocycles. The molecule has 0 bridgehead atoms. The lowest BCUT2D eigenvalue weighted by Crippen LogP contribution is -2.58. The number of aryl methyl sites for hydroxylation is 1. The average molecular weight is 422 g/mol. The molecule has 0 radical (unpaired) electrons. The molecule has 3 heterocycles. The van der Waals surface area contributed by atoms with Gasteiger partial charge in [-0.2, -0.15) is 0 Å². The molecule has 164 valence electrons. The van der Waals surface area contributed by atoms with Crippen LogP contribution >= 0.6 is 0 Å². The standard InChI is InChI=1S/C25H31N3O3/c1-18(29)27-15-9-5-8-12-22-25(27,2)16-21(19-10-6-4-7-11-19)28(22)24(31)20-13-14-23(30)26(3)17-20/h4,6-7,10-11,13-14,17,21-22H,5,8-9,12,15-16H2,1-3H3/t21-,22-,25-/m0/s1. The molecule has 3 atom stereocenters. The minimum atomic E-state index is -0.427. The quantitative estimate of drug-likeness (QED) is 0.745. The zero-order chi connectivity index (χ0) is 22.2. The van der Waals surface area contributed by atoms with E-state index in [0.717, 1.165) is 37.8 Å². The minimum Gasteiger partial charge on any atom is -0.335 e. The third kappa shape index (κ3) is 3.80. The van der Waals surface area contributed by atoms with Gasteiger partial charge in [-0.05, 0) is 37.8 Å². The zero-order valence-electron chi connectivity index (χ0n) is 18.6. The van der Waals surface area contributed by atoms with Gasteiger partial charge in [-0.1, -0.05) is 43.2 Å². The summed E-state index contributed by atoms with van der Waals surface area (Å²) in [6, 6.07) is 13.0. The fraction of sp³-hybridized carbons (Fsp3) is 0.480. The monoisotopic (exact) mass is 421 g/mol. The fourth-order valence-electron chi connectivity index (χ4n) is 5.55. The molecule has 4 rings (SSSR count). The fourth-order valence-corrected chi connectivity index (χ4v) is 5.55. The molecule has 0 N–H and O–H groups in total. The van der Waals surface area contributed by atoms with Crippen LogP contribution in [-0.2, 0) is 11.8 Å². The molecule has 0 unspecified atom stereocenters. The Morgan fingerprint density at radius 1 is 1.03 bits per heavy atom. The first-order valence-corrected chi connectivity index (χ1v) is 11.2. The summed E-state index contributed by atoms with van der Waals surface area (Å²) in [6.07, 6.45) is 6.26. The maximum atomic E-state index is 13.9. The first-order chi connectivity index (χ1) is 14.8. The van der Waals surface area contributed by atoms with Crippen LogP contribution in [0.15, 0.2) is 53.5 Å². The normalized spacial score (nSPS) is 26.2. The average Bonchev–Trinajstić information content (AvgIpc) is 3.03. The second-order valence-electron chi connectivity index (χ2n) is 9.10. The number of nitrogens with zero attached hydrogens (tertiary/aromatic N) is 3. The molecule has 0 aliphatic carbocycles. The number of rotatable bonds is 2. The van der Waals surface area contributed by atoms with Gasteiger partial charge in [0.2, 0.25) is 11.5 Å². The molecule has 2 aromatic rings. The molecule has 2 aliphatic heterocycles. The van der Waals surface area contributed by atoms with E-state index < -0.39 is 5.54 Å². The van der Waals surface area contributed by atoms with E-state index in [1.807, 2.05) is 28.0 Å². The molecule has 31 heavy (non-hydrogen) atoms. The van der Waals surface area contributed by atoms with Crippen molar-refractivity contribution in [1.82, 2.24) is 14.4 Å². The number of likely N-dealkylation sites (tertiary alicyclic amines) is 2. The summed E-state index contributed by atoms with van der Waals surface area (Å²) in [5, 5.41) is 0. The zero-order valence-corrected chi connectivity index (χ0v) is 18.6. The van der Waals surface area contributed by atoms with Crippen LogP contribution in [0.2, 0.25) is 0 Å². The van der Waals surface area contributed by atoms with Crippen LogP contribution in [0.4, 0.5) is 0 Å². The number of fused-ring (bicyclic) bond motifs is 1. The third-order valence-corrected chi connectivity index (χ3v) is 7.10. The Kier molecular flexibility index (Phi) is 5.73. The SMILES string of the molecule is CC(=O)N1CCCCC[C@@H]2N(C(=O)c3ccc(=O)n(C)c3)[C@H](c3ccccc3)C[C@@]21C. The van der Waals surface area contributed by atoms with E-state index in [1.54, 1.807) is 26.2 Å². The lowest BCUT2D eigenvalue weighted by Gasteiger charge is -2.45. The predicted molar refractivity (Wildman–Crippen MR) is 120 cm³/mol. The van der Waals surface area contributed by atoms with Crippen molar-refractivity contribution >= 4 is 11.8 Å². The van der Waals surface area contributed by atoms with Crippen molar-refractivity contribution in [2.45, 2.75) is 63.6 Å². The maximum absolute atomic E-state index is 13.9. The van der Waals surface area contributed by atoms with Crippen LogP contribution in [0.1, 0.15) is 67.9 Å². The smallest absolute Gasteiger partial charge is 0.256 e. The summed E-state index contributed by atoms with van der Waals surface area (Å²) in [5.41, 5.74) is 1.01. The van der Waals surface area contributed by atoms with E-state index in [2.05, 4.69) is 19.1 Å². The number of benzene rings is 1. The van der Waals surface area contributed by atoms with Crippen LogP contribution in [0.3, 0.4) is 0 Å². The molecular weight excluding hydrogens is 390 g/mol. The molecule has 6 nitrogen and oxygen atoms in total. The van der Waals surface area contributed by atoms with Crippen LogP contribution in [-0.4, -0.2) is 44.3 Å². The Bertz CT molecular complexity index is 1030. The first-order valence-electron chi connectivity index (χ1n) is 11.2. The van der Waals surface area contributed by atoms with Crippen molar-refractivity contribution in [2.75, 3.05) is 6.54 Å². The highest BCUT2D eigenvalue weighted by Gasteiger charge is 2.55. The van der Waals surface area contributed by atoms with Crippen LogP contribution in [0.25, 0.3) is 0 Å². The second-order valence-corrected chi connectivity index (χ2v) is 9.10. The summed E-state index contributed by atoms with van der Waals surface area (Å²) in [5.74, 6) is -0.0140. The lowest BCUT2D eigenvalue weighted by molar-refractivity contribution is -0.136. The van der Waals surface area contributed by atoms with E-state index in [0.29, 0.717) is 12.0 Å². The molecule has 6 heteroatoms. The van der Waals surface area contributed by atoms with Gasteiger partial charge < -0.3 is 14.4 Å². The van der Waals surface area contributed by atoms with Gasteiger partial charge in [0, 0.05) is 32.8 Å². The molecule has 0 spiro atoms. The molecular formula is C25H31N3O3. The van der Waals surface area contributed by atoms with Gasteiger partial charge in [-0.3, -0.25) is 14.4 Å². The van der Waals surface area contributed by atoms with Gasteiger partial charge in [-0.25, -0.2) is 0 Å². The number of hydrogen-bond acceptors (Lipinski definition) is 3. The summed E-state index contributed by atoms with van der Waals surface area (Å²) >= 11 is 0. The number of pyridine rings is 1. The highest BCUT2D eigenvalue weighted by molar-refractivity contribution is 5.95. The predicted octanol–water partition coefficient (Wildman–Crippen LogP) is 3.52. The van der Waals surface area contributed by atoms with Crippen molar-refractivity contribution < 1.29 is 9.59 Å². The van der Waals surface area contributed by atoms with Crippen LogP contribution in [0.5, 0.6) is 0 Å². The lowest BCUT2D eigenvalue weighted by atomic mass is 9.83. The summed E-state index contributed by atoms with van der Waals surface area (Å²) in [7, 11) is 1.66. The summed E-state index contributed by atoms with van der Waals surface area (Å²) < 4.78 is 1.44. The molecule has 1 aromatic carbocycles. The van der Waals surface area contributed by atoms with Gasteiger partial charge in [0.25, 0.3) is 5.91 Å². The van der Waals surface area contributed by atoms with E-state index in [4.69, 9.17) is 0 Å². The molecule has 2 aliphatic rings. The highest BCUT2D eigenvalue weighted by atomic mass is 16.2. The Hall–Kier alpha value is -2.89. The van der Waals surface area contributed by atoms with E-state index in [1.165, 1.54) is 10.6 Å². The van der Waals surface area contributed by atoms with Gasteiger partial charge in [-0.15, -0.1) is 0 Å². The molecule has 0 saturated carbocycles. The van der Waals surface area contributed by atoms with E-state index in [-0.39, 0.29) is 29.5 Å². The number of aromatic nitrogens is 1. The van der Waals surface area contributed by atoms with Gasteiger partial charge in [0.15, 0.2) is 0 Å². The van der Waals surface area contributed by atoms with E-state index in [9.17, 15) is 14.4 Å². The summed E-state index contributed by atoms with van der Waals surface area (Å²) in [6.45, 7) is 4.51. The Morgan fingerprint density at radius 3 is 2.45 bits per heavy atom. The van der Waals surface area contributed by atoms with Gasteiger partial charge in [0.05, 0.1) is 23.2 Å². The van der Waals surface area contributed by atoms with Crippen molar-refractivity contribution in [2.24, 2.45) is 7.05 Å². The van der Waals surface area contributed by atoms with Crippen LogP contribution < -0.4 is 5.56 Å². The van der Waals surface area contributed by atoms with Gasteiger partial charge in [0.1, 0.15) is 0 Å². The highest BCUT2D eigenvalue weighted by Crippen LogP contribution is 2.48. The molecule has 2 fully saturated rings. The number of amides is 2. The van der Waals surface area contributed by atoms with Gasteiger partial charge >= 0.3 is 0 Å². The third-order valence-electron chi connectivity index (χ3n) is 7.10. The first kappa shape index (κ1) is 21.3. The van der Waals surface area contributed by atoms with Crippen molar-refractivity contribution in [3.8, 4) is 0 Å². The maximum Gasteiger partial charge on any atom is 0.256 e. The molecule has 2 saturated heterocycles. The number of hydrogen-bond donors (Lipinski definition) is 0. The largest absolute Gasteiger partial charge is 0.335 e. The number of carbonyl (C=O) groups is 2. The Labute approximate surface area is 183 Å². The Morgan fingerprint density at radius 2 is 1.77 bits per heavy atom. The number of carbonyl (C=O) groups excluding carboxylic acids is 2. The van der Waals surface area contributed by atoms with Crippen LogP contribution in [0, 0.1) is 0 Å².